The quantitative estimate of drug-likeness (QED) is 0.516. The van der Waals surface area contributed by atoms with E-state index in [4.69, 9.17) is 10.5 Å². The Labute approximate surface area is 180 Å². The number of carbonyl (C=O) groups excluding carboxylic acids is 4. The predicted molar refractivity (Wildman–Crippen MR) is 114 cm³/mol. The summed E-state index contributed by atoms with van der Waals surface area (Å²) in [6.45, 7) is 3.56. The number of nitrogens with zero attached hydrogens (tertiary/aromatic N) is 1. The third kappa shape index (κ3) is 3.50. The van der Waals surface area contributed by atoms with E-state index in [9.17, 15) is 19.2 Å². The lowest BCUT2D eigenvalue weighted by Gasteiger charge is -2.38. The zero-order valence-corrected chi connectivity index (χ0v) is 17.5. The topological polar surface area (TPSA) is 107 Å². The van der Waals surface area contributed by atoms with Crippen molar-refractivity contribution in [3.05, 3.63) is 64.2 Å². The standard InChI is InChI=1S/C24H24N2O5/c1-13-6-5-7-14(2)26(13)19(27)12-31-24(30)18-11-10-17-20(21(18)25)23(29)16-9-4-3-8-15(16)22(17)28/h3-4,8-11,13-14H,5-7,12,25H2,1-2H3. The first-order valence-electron chi connectivity index (χ1n) is 10.4. The fourth-order valence-corrected chi connectivity index (χ4v) is 4.58. The van der Waals surface area contributed by atoms with Crippen molar-refractivity contribution in [3.63, 3.8) is 0 Å². The highest BCUT2D eigenvalue weighted by Crippen LogP contribution is 2.33. The van der Waals surface area contributed by atoms with E-state index < -0.39 is 18.4 Å². The van der Waals surface area contributed by atoms with E-state index in [1.807, 2.05) is 13.8 Å². The molecule has 7 nitrogen and oxygen atoms in total. The summed E-state index contributed by atoms with van der Waals surface area (Å²) in [5.41, 5.74) is 6.72. The van der Waals surface area contributed by atoms with Crippen LogP contribution in [0, 0.1) is 0 Å². The van der Waals surface area contributed by atoms with Gasteiger partial charge in [0.2, 0.25) is 0 Å². The van der Waals surface area contributed by atoms with E-state index in [0.717, 1.165) is 19.3 Å². The van der Waals surface area contributed by atoms with E-state index in [1.165, 1.54) is 12.1 Å². The molecule has 4 rings (SSSR count). The lowest BCUT2D eigenvalue weighted by Crippen LogP contribution is -2.49. The highest BCUT2D eigenvalue weighted by atomic mass is 16.5. The maximum absolute atomic E-state index is 12.9. The minimum atomic E-state index is -0.801. The number of hydrogen-bond acceptors (Lipinski definition) is 6. The molecule has 1 aliphatic heterocycles. The molecule has 160 valence electrons. The number of benzene rings is 2. The van der Waals surface area contributed by atoms with Crippen molar-refractivity contribution in [3.8, 4) is 0 Å². The van der Waals surface area contributed by atoms with Gasteiger partial charge in [0.1, 0.15) is 0 Å². The number of esters is 1. The van der Waals surface area contributed by atoms with E-state index in [1.54, 1.807) is 29.2 Å². The lowest BCUT2D eigenvalue weighted by atomic mass is 9.82. The molecular weight excluding hydrogens is 396 g/mol. The van der Waals surface area contributed by atoms with Gasteiger partial charge in [0.05, 0.1) is 16.8 Å². The molecule has 1 amide bonds. The van der Waals surface area contributed by atoms with Crippen molar-refractivity contribution in [2.24, 2.45) is 0 Å². The van der Waals surface area contributed by atoms with Crippen LogP contribution in [0.15, 0.2) is 36.4 Å². The molecular formula is C24H24N2O5. The van der Waals surface area contributed by atoms with Crippen LogP contribution in [0.4, 0.5) is 5.69 Å². The second kappa shape index (κ2) is 7.98. The number of fused-ring (bicyclic) bond motifs is 2. The number of nitrogens with two attached hydrogens (primary N) is 1. The van der Waals surface area contributed by atoms with E-state index in [0.29, 0.717) is 5.56 Å². The Morgan fingerprint density at radius 2 is 1.58 bits per heavy atom. The van der Waals surface area contributed by atoms with Crippen molar-refractivity contribution in [2.75, 3.05) is 12.3 Å². The van der Waals surface area contributed by atoms with Gasteiger partial charge in [-0.3, -0.25) is 14.4 Å². The maximum atomic E-state index is 12.9. The number of hydrogen-bond donors (Lipinski definition) is 1. The number of likely N-dealkylation sites (tertiary alicyclic amines) is 1. The van der Waals surface area contributed by atoms with Gasteiger partial charge in [-0.25, -0.2) is 4.79 Å². The van der Waals surface area contributed by atoms with Crippen LogP contribution in [0.1, 0.15) is 75.3 Å². The summed E-state index contributed by atoms with van der Waals surface area (Å²) in [6.07, 6.45) is 2.90. The Kier molecular flexibility index (Phi) is 5.35. The summed E-state index contributed by atoms with van der Waals surface area (Å²) in [7, 11) is 0. The fourth-order valence-electron chi connectivity index (χ4n) is 4.58. The molecule has 0 radical (unpaired) electrons. The molecule has 2 atom stereocenters. The summed E-state index contributed by atoms with van der Waals surface area (Å²) in [5, 5.41) is 0. The first-order valence-corrected chi connectivity index (χ1v) is 10.4. The lowest BCUT2D eigenvalue weighted by molar-refractivity contribution is -0.140. The highest BCUT2D eigenvalue weighted by Gasteiger charge is 2.34. The number of ether oxygens (including phenoxy) is 1. The van der Waals surface area contributed by atoms with Gasteiger partial charge in [-0.2, -0.15) is 0 Å². The molecule has 1 aliphatic carbocycles. The summed E-state index contributed by atoms with van der Waals surface area (Å²) in [4.78, 5) is 52.8. The minimum absolute atomic E-state index is 0.00255. The van der Waals surface area contributed by atoms with Crippen molar-refractivity contribution in [2.45, 2.75) is 45.2 Å². The van der Waals surface area contributed by atoms with Crippen LogP contribution in [0.3, 0.4) is 0 Å². The molecule has 0 aromatic heterocycles. The zero-order valence-electron chi connectivity index (χ0n) is 17.5. The minimum Gasteiger partial charge on any atom is -0.452 e. The van der Waals surface area contributed by atoms with Gasteiger partial charge >= 0.3 is 5.97 Å². The molecule has 2 aromatic rings. The molecule has 7 heteroatoms. The van der Waals surface area contributed by atoms with Crippen molar-refractivity contribution in [1.82, 2.24) is 4.90 Å². The number of piperidine rings is 1. The van der Waals surface area contributed by atoms with Gasteiger partial charge < -0.3 is 15.4 Å². The molecule has 2 unspecified atom stereocenters. The van der Waals surface area contributed by atoms with Gasteiger partial charge in [0.25, 0.3) is 5.91 Å². The van der Waals surface area contributed by atoms with Crippen LogP contribution in [0.2, 0.25) is 0 Å². The average molecular weight is 420 g/mol. The van der Waals surface area contributed by atoms with Crippen molar-refractivity contribution >= 4 is 29.1 Å². The molecule has 2 aliphatic rings. The number of carbonyl (C=O) groups is 4. The number of amides is 1. The third-order valence-corrected chi connectivity index (χ3v) is 6.16. The van der Waals surface area contributed by atoms with Crippen molar-refractivity contribution < 1.29 is 23.9 Å². The van der Waals surface area contributed by atoms with E-state index in [2.05, 4.69) is 0 Å². The molecule has 31 heavy (non-hydrogen) atoms. The van der Waals surface area contributed by atoms with Crippen LogP contribution < -0.4 is 5.73 Å². The van der Waals surface area contributed by atoms with Gasteiger partial charge in [-0.05, 0) is 45.2 Å². The Hall–Kier alpha value is -3.48. The highest BCUT2D eigenvalue weighted by molar-refractivity contribution is 6.30. The van der Waals surface area contributed by atoms with Crippen LogP contribution in [-0.2, 0) is 9.53 Å². The second-order valence-corrected chi connectivity index (χ2v) is 8.16. The van der Waals surface area contributed by atoms with Gasteiger partial charge in [-0.15, -0.1) is 0 Å². The molecule has 0 saturated carbocycles. The fraction of sp³-hybridized carbons (Fsp3) is 0.333. The molecule has 1 heterocycles. The summed E-state index contributed by atoms with van der Waals surface area (Å²) in [6, 6.07) is 9.46. The number of anilines is 1. The second-order valence-electron chi connectivity index (χ2n) is 8.16. The van der Waals surface area contributed by atoms with Gasteiger partial charge in [-0.1, -0.05) is 24.3 Å². The Bertz CT molecular complexity index is 1100. The summed E-state index contributed by atoms with van der Waals surface area (Å²) in [5.74, 6) is -1.79. The molecule has 0 bridgehead atoms. The van der Waals surface area contributed by atoms with Crippen LogP contribution in [-0.4, -0.2) is 47.0 Å². The van der Waals surface area contributed by atoms with E-state index in [-0.39, 0.29) is 51.7 Å². The first kappa shape index (κ1) is 20.8. The van der Waals surface area contributed by atoms with Gasteiger partial charge in [0.15, 0.2) is 18.2 Å². The molecule has 1 saturated heterocycles. The van der Waals surface area contributed by atoms with Crippen LogP contribution >= 0.6 is 0 Å². The molecule has 0 spiro atoms. The Morgan fingerprint density at radius 1 is 0.968 bits per heavy atom. The normalized spacial score (nSPS) is 20.1. The zero-order chi connectivity index (χ0) is 22.3. The average Bonchev–Trinajstić information content (AvgIpc) is 2.75. The summed E-state index contributed by atoms with van der Waals surface area (Å²) < 4.78 is 5.24. The monoisotopic (exact) mass is 420 g/mol. The predicted octanol–water partition coefficient (Wildman–Crippen LogP) is 2.99. The number of nitrogen functional groups attached to an aromatic ring is 1. The Balaban J connectivity index is 1.56. The number of ketones is 2. The van der Waals surface area contributed by atoms with Crippen LogP contribution in [0.25, 0.3) is 0 Å². The van der Waals surface area contributed by atoms with Gasteiger partial charge in [0, 0.05) is 28.8 Å². The smallest absolute Gasteiger partial charge is 0.340 e. The molecule has 2 aromatic carbocycles. The largest absolute Gasteiger partial charge is 0.452 e. The maximum Gasteiger partial charge on any atom is 0.340 e. The number of rotatable bonds is 3. The third-order valence-electron chi connectivity index (χ3n) is 6.16. The Morgan fingerprint density at radius 3 is 2.23 bits per heavy atom. The van der Waals surface area contributed by atoms with Crippen LogP contribution in [0.5, 0.6) is 0 Å². The summed E-state index contributed by atoms with van der Waals surface area (Å²) >= 11 is 0. The SMILES string of the molecule is CC1CCCC(C)N1C(=O)COC(=O)c1ccc2c(c1N)C(=O)c1ccccc1C2=O. The van der Waals surface area contributed by atoms with Crippen molar-refractivity contribution in [1.29, 1.82) is 0 Å². The van der Waals surface area contributed by atoms with E-state index >= 15 is 0 Å². The molecule has 2 N–H and O–H groups in total. The first-order chi connectivity index (χ1) is 14.8. The molecule has 1 fully saturated rings.